The Morgan fingerprint density at radius 2 is 1.96 bits per heavy atom. The summed E-state index contributed by atoms with van der Waals surface area (Å²) in [4.78, 5) is 15.2. The summed E-state index contributed by atoms with van der Waals surface area (Å²) in [6.45, 7) is 0. The van der Waals surface area contributed by atoms with E-state index in [1.807, 2.05) is 0 Å². The van der Waals surface area contributed by atoms with E-state index in [1.165, 1.54) is 29.1 Å². The van der Waals surface area contributed by atoms with Crippen LogP contribution in [0, 0.1) is 0 Å². The quantitative estimate of drug-likeness (QED) is 0.681. The predicted octanol–water partition coefficient (Wildman–Crippen LogP) is 2.86. The van der Waals surface area contributed by atoms with E-state index >= 15 is 0 Å². The van der Waals surface area contributed by atoms with E-state index in [4.69, 9.17) is 17.3 Å². The van der Waals surface area contributed by atoms with Gasteiger partial charge in [0.2, 0.25) is 11.1 Å². The zero-order chi connectivity index (χ0) is 19.6. The molecular formula is C14H8ClF3N6O2S. The van der Waals surface area contributed by atoms with Gasteiger partial charge >= 0.3 is 6.36 Å². The van der Waals surface area contributed by atoms with Crippen LogP contribution in [0.3, 0.4) is 0 Å². The van der Waals surface area contributed by atoms with Crippen LogP contribution in [0.4, 0.5) is 13.2 Å². The molecule has 13 heteroatoms. The smallest absolute Gasteiger partial charge is 0.406 e. The first kappa shape index (κ1) is 18.9. The van der Waals surface area contributed by atoms with Gasteiger partial charge in [0.25, 0.3) is 0 Å². The fourth-order valence-electron chi connectivity index (χ4n) is 1.92. The van der Waals surface area contributed by atoms with Crippen molar-refractivity contribution in [3.05, 3.63) is 47.1 Å². The minimum absolute atomic E-state index is 0.143. The first-order chi connectivity index (χ1) is 12.7. The SMILES string of the molecule is NC(=O)c1cnc(Sc2nnnn2-c2ccc(OC(F)(F)F)cc2)c(Cl)c1. The van der Waals surface area contributed by atoms with Crippen molar-refractivity contribution >= 4 is 29.3 Å². The molecule has 0 atom stereocenters. The molecule has 3 aromatic rings. The molecule has 0 aliphatic heterocycles. The van der Waals surface area contributed by atoms with E-state index in [0.717, 1.165) is 23.9 Å². The van der Waals surface area contributed by atoms with Crippen LogP contribution < -0.4 is 10.5 Å². The number of alkyl halides is 3. The van der Waals surface area contributed by atoms with Crippen molar-refractivity contribution < 1.29 is 22.7 Å². The highest BCUT2D eigenvalue weighted by atomic mass is 35.5. The van der Waals surface area contributed by atoms with Crippen molar-refractivity contribution in [2.24, 2.45) is 5.73 Å². The van der Waals surface area contributed by atoms with Crippen molar-refractivity contribution in [2.45, 2.75) is 16.5 Å². The molecule has 0 unspecified atom stereocenters. The molecule has 2 N–H and O–H groups in total. The van der Waals surface area contributed by atoms with Crippen LogP contribution in [0.2, 0.25) is 5.02 Å². The zero-order valence-electron chi connectivity index (χ0n) is 13.0. The Balaban J connectivity index is 1.83. The molecule has 1 aromatic carbocycles. The van der Waals surface area contributed by atoms with Crippen LogP contribution in [0.25, 0.3) is 5.69 Å². The summed E-state index contributed by atoms with van der Waals surface area (Å²) in [5, 5.41) is 11.9. The average Bonchev–Trinajstić information content (AvgIpc) is 3.04. The predicted molar refractivity (Wildman–Crippen MR) is 87.7 cm³/mol. The Morgan fingerprint density at radius 1 is 1.26 bits per heavy atom. The van der Waals surface area contributed by atoms with E-state index in [-0.39, 0.29) is 21.5 Å². The maximum atomic E-state index is 12.2. The molecule has 27 heavy (non-hydrogen) atoms. The topological polar surface area (TPSA) is 109 Å². The number of pyridine rings is 1. The summed E-state index contributed by atoms with van der Waals surface area (Å²) >= 11 is 7.08. The number of ether oxygens (including phenoxy) is 1. The molecule has 0 spiro atoms. The molecule has 0 saturated carbocycles. The Morgan fingerprint density at radius 3 is 2.56 bits per heavy atom. The second kappa shape index (κ2) is 7.40. The van der Waals surface area contributed by atoms with Gasteiger partial charge in [0.05, 0.1) is 16.3 Å². The van der Waals surface area contributed by atoms with Crippen LogP contribution in [0.5, 0.6) is 5.75 Å². The number of aromatic nitrogens is 5. The lowest BCUT2D eigenvalue weighted by atomic mass is 10.3. The highest BCUT2D eigenvalue weighted by Crippen LogP contribution is 2.32. The minimum Gasteiger partial charge on any atom is -0.406 e. The van der Waals surface area contributed by atoms with Crippen LogP contribution in [-0.4, -0.2) is 37.5 Å². The van der Waals surface area contributed by atoms with Crippen molar-refractivity contribution in [3.63, 3.8) is 0 Å². The van der Waals surface area contributed by atoms with Crippen LogP contribution >= 0.6 is 23.4 Å². The number of tetrazole rings is 1. The molecule has 0 aliphatic carbocycles. The molecule has 0 bridgehead atoms. The Kier molecular flexibility index (Phi) is 5.19. The number of nitrogens with zero attached hydrogens (tertiary/aromatic N) is 5. The largest absolute Gasteiger partial charge is 0.573 e. The van der Waals surface area contributed by atoms with Crippen LogP contribution in [-0.2, 0) is 0 Å². The first-order valence-electron chi connectivity index (χ1n) is 7.01. The van der Waals surface area contributed by atoms with E-state index in [9.17, 15) is 18.0 Å². The molecule has 2 heterocycles. The molecule has 3 rings (SSSR count). The van der Waals surface area contributed by atoms with Gasteiger partial charge in [0.1, 0.15) is 10.8 Å². The summed E-state index contributed by atoms with van der Waals surface area (Å²) in [6, 6.07) is 6.33. The van der Waals surface area contributed by atoms with E-state index in [2.05, 4.69) is 25.2 Å². The summed E-state index contributed by atoms with van der Waals surface area (Å²) in [6.07, 6.45) is -3.52. The highest BCUT2D eigenvalue weighted by Gasteiger charge is 2.31. The molecule has 0 aliphatic rings. The standard InChI is InChI=1S/C14H8ClF3N6O2S/c15-10-5-7(11(19)25)6-20-12(10)27-13-21-22-23-24(13)8-1-3-9(4-2-8)26-14(16,17)18/h1-6H,(H2,19,25). The molecule has 0 radical (unpaired) electrons. The lowest BCUT2D eigenvalue weighted by Gasteiger charge is -2.09. The lowest BCUT2D eigenvalue weighted by molar-refractivity contribution is -0.274. The Bertz CT molecular complexity index is 980. The number of benzene rings is 1. The number of amides is 1. The number of carbonyl (C=O) groups is 1. The molecule has 0 saturated heterocycles. The number of hydrogen-bond acceptors (Lipinski definition) is 7. The van der Waals surface area contributed by atoms with Crippen molar-refractivity contribution in [2.75, 3.05) is 0 Å². The van der Waals surface area contributed by atoms with Crippen LogP contribution in [0.1, 0.15) is 10.4 Å². The highest BCUT2D eigenvalue weighted by molar-refractivity contribution is 7.99. The molecule has 140 valence electrons. The average molecular weight is 417 g/mol. The maximum Gasteiger partial charge on any atom is 0.573 e. The lowest BCUT2D eigenvalue weighted by Crippen LogP contribution is -2.17. The van der Waals surface area contributed by atoms with Crippen molar-refractivity contribution in [3.8, 4) is 11.4 Å². The summed E-state index contributed by atoms with van der Waals surface area (Å²) in [5.74, 6) is -1.05. The third-order valence-electron chi connectivity index (χ3n) is 3.04. The number of nitrogens with two attached hydrogens (primary N) is 1. The zero-order valence-corrected chi connectivity index (χ0v) is 14.6. The van der Waals surface area contributed by atoms with Gasteiger partial charge in [-0.15, -0.1) is 18.3 Å². The molecule has 1 amide bonds. The number of carbonyl (C=O) groups excluding carboxylic acids is 1. The van der Waals surface area contributed by atoms with Gasteiger partial charge in [-0.3, -0.25) is 4.79 Å². The fourth-order valence-corrected chi connectivity index (χ4v) is 2.94. The van der Waals surface area contributed by atoms with Crippen LogP contribution in [0.15, 0.2) is 46.7 Å². The second-order valence-corrected chi connectivity index (χ2v) is 6.26. The van der Waals surface area contributed by atoms with E-state index in [0.29, 0.717) is 10.7 Å². The van der Waals surface area contributed by atoms with Gasteiger partial charge < -0.3 is 10.5 Å². The normalized spacial score (nSPS) is 11.4. The summed E-state index contributed by atoms with van der Waals surface area (Å²) in [7, 11) is 0. The number of rotatable bonds is 5. The van der Waals surface area contributed by atoms with Gasteiger partial charge in [-0.1, -0.05) is 11.6 Å². The van der Waals surface area contributed by atoms with Crippen molar-refractivity contribution in [1.82, 2.24) is 25.2 Å². The van der Waals surface area contributed by atoms with Gasteiger partial charge in [-0.2, -0.15) is 4.68 Å². The monoisotopic (exact) mass is 416 g/mol. The molecule has 2 aromatic heterocycles. The summed E-state index contributed by atoms with van der Waals surface area (Å²) < 4.78 is 41.8. The number of halogens is 4. The Labute approximate surface area is 158 Å². The van der Waals surface area contributed by atoms with E-state index < -0.39 is 12.3 Å². The van der Waals surface area contributed by atoms with Gasteiger partial charge in [-0.25, -0.2) is 4.98 Å². The number of hydrogen-bond donors (Lipinski definition) is 1. The second-order valence-electron chi connectivity index (χ2n) is 4.89. The number of primary amides is 1. The van der Waals surface area contributed by atoms with Gasteiger partial charge in [0, 0.05) is 6.20 Å². The fraction of sp³-hybridized carbons (Fsp3) is 0.0714. The van der Waals surface area contributed by atoms with Gasteiger partial charge in [-0.05, 0) is 52.5 Å². The summed E-state index contributed by atoms with van der Waals surface area (Å²) in [5.41, 5.74) is 5.69. The third kappa shape index (κ3) is 4.65. The molecule has 0 fully saturated rings. The maximum absolute atomic E-state index is 12.2. The third-order valence-corrected chi connectivity index (χ3v) is 4.39. The van der Waals surface area contributed by atoms with Crippen molar-refractivity contribution in [1.29, 1.82) is 0 Å². The first-order valence-corrected chi connectivity index (χ1v) is 8.20. The minimum atomic E-state index is -4.78. The molecular weight excluding hydrogens is 409 g/mol. The van der Waals surface area contributed by atoms with Gasteiger partial charge in [0.15, 0.2) is 0 Å². The van der Waals surface area contributed by atoms with E-state index in [1.54, 1.807) is 0 Å². The Hall–Kier alpha value is -2.86. The molecule has 8 nitrogen and oxygen atoms in total.